The van der Waals surface area contributed by atoms with Gasteiger partial charge in [-0.15, -0.1) is 0 Å². The molecule has 0 N–H and O–H groups in total. The topological polar surface area (TPSA) is 69.6 Å². The van der Waals surface area contributed by atoms with Crippen molar-refractivity contribution >= 4 is 22.7 Å². The molecule has 2 aliphatic rings. The van der Waals surface area contributed by atoms with Crippen LogP contribution in [0.3, 0.4) is 0 Å². The van der Waals surface area contributed by atoms with Crippen LogP contribution in [-0.2, 0) is 4.79 Å². The molecule has 0 bridgehead atoms. The van der Waals surface area contributed by atoms with E-state index in [1.807, 2.05) is 52.3 Å². The molecule has 0 spiro atoms. The molecule has 0 unspecified atom stereocenters. The van der Waals surface area contributed by atoms with Crippen LogP contribution in [0.15, 0.2) is 54.9 Å². The number of piperidine rings is 1. The van der Waals surface area contributed by atoms with Crippen molar-refractivity contribution in [1.29, 1.82) is 0 Å². The molecule has 33 heavy (non-hydrogen) atoms. The summed E-state index contributed by atoms with van der Waals surface area (Å²) in [5.41, 5.74) is 3.18. The summed E-state index contributed by atoms with van der Waals surface area (Å²) in [6.07, 6.45) is 6.90. The van der Waals surface area contributed by atoms with Crippen molar-refractivity contribution < 1.29 is 9.59 Å². The molecule has 2 amide bonds. The zero-order valence-electron chi connectivity index (χ0n) is 18.8. The summed E-state index contributed by atoms with van der Waals surface area (Å²) in [5, 5.41) is 0.864. The molecule has 2 aliphatic heterocycles. The Morgan fingerprint density at radius 2 is 1.55 bits per heavy atom. The van der Waals surface area contributed by atoms with E-state index < -0.39 is 0 Å². The van der Waals surface area contributed by atoms with E-state index in [9.17, 15) is 9.59 Å². The quantitative estimate of drug-likeness (QED) is 0.620. The van der Waals surface area contributed by atoms with Gasteiger partial charge in [-0.3, -0.25) is 19.5 Å². The second-order valence-electron chi connectivity index (χ2n) is 8.82. The largest absolute Gasteiger partial charge is 0.342 e. The third-order valence-electron chi connectivity index (χ3n) is 6.65. The number of hydrogen-bond donors (Lipinski definition) is 0. The van der Waals surface area contributed by atoms with Crippen LogP contribution in [0.2, 0.25) is 0 Å². The Bertz CT molecular complexity index is 1140. The van der Waals surface area contributed by atoms with Gasteiger partial charge in [-0.25, -0.2) is 4.98 Å². The first kappa shape index (κ1) is 21.5. The van der Waals surface area contributed by atoms with Crippen molar-refractivity contribution in [2.75, 3.05) is 45.8 Å². The van der Waals surface area contributed by atoms with Crippen LogP contribution in [0, 0.1) is 0 Å². The van der Waals surface area contributed by atoms with E-state index in [0.717, 1.165) is 48.1 Å². The van der Waals surface area contributed by atoms with Gasteiger partial charge in [0.05, 0.1) is 23.3 Å². The minimum absolute atomic E-state index is 0.0194. The number of fused-ring (bicyclic) bond motifs is 1. The number of benzene rings is 1. The summed E-state index contributed by atoms with van der Waals surface area (Å²) in [6, 6.07) is 13.5. The molecule has 3 aromatic rings. The van der Waals surface area contributed by atoms with Crippen molar-refractivity contribution in [3.63, 3.8) is 0 Å². The van der Waals surface area contributed by atoms with Crippen LogP contribution >= 0.6 is 0 Å². The number of pyridine rings is 2. The average molecular weight is 444 g/mol. The maximum Gasteiger partial charge on any atom is 0.254 e. The SMILES string of the molecule is O=C(CN1CCN(C(=O)c2cc(-c3ccncc3)nc3ccccc23)CC1)N1CCCCC1. The summed E-state index contributed by atoms with van der Waals surface area (Å²) in [6.45, 7) is 4.88. The van der Waals surface area contributed by atoms with E-state index in [-0.39, 0.29) is 11.8 Å². The van der Waals surface area contributed by atoms with Crippen LogP contribution in [0.1, 0.15) is 29.6 Å². The fraction of sp³-hybridized carbons (Fsp3) is 0.385. The standard InChI is InChI=1S/C26H29N5O2/c32-25(30-12-4-1-5-13-30)19-29-14-16-31(17-15-29)26(33)22-18-24(20-8-10-27-11-9-20)28-23-7-3-2-6-21(22)23/h2-3,6-11,18H,1,4-5,12-17,19H2. The predicted octanol–water partition coefficient (Wildman–Crippen LogP) is 3.07. The molecule has 2 fully saturated rings. The molecule has 1 aromatic carbocycles. The highest BCUT2D eigenvalue weighted by molar-refractivity contribution is 6.07. The zero-order chi connectivity index (χ0) is 22.6. The maximum absolute atomic E-state index is 13.6. The molecule has 2 saturated heterocycles. The highest BCUT2D eigenvalue weighted by Gasteiger charge is 2.26. The van der Waals surface area contributed by atoms with Gasteiger partial charge >= 0.3 is 0 Å². The Labute approximate surface area is 194 Å². The minimum atomic E-state index is 0.0194. The normalized spacial score (nSPS) is 17.3. The first-order chi connectivity index (χ1) is 16.2. The summed E-state index contributed by atoms with van der Waals surface area (Å²) < 4.78 is 0. The second kappa shape index (κ2) is 9.67. The third kappa shape index (κ3) is 4.73. The van der Waals surface area contributed by atoms with Crippen molar-refractivity contribution in [2.45, 2.75) is 19.3 Å². The molecule has 170 valence electrons. The van der Waals surface area contributed by atoms with E-state index in [4.69, 9.17) is 4.98 Å². The van der Waals surface area contributed by atoms with Crippen LogP contribution in [-0.4, -0.2) is 82.3 Å². The van der Waals surface area contributed by atoms with E-state index >= 15 is 0 Å². The van der Waals surface area contributed by atoms with E-state index in [2.05, 4.69) is 9.88 Å². The molecule has 0 atom stereocenters. The van der Waals surface area contributed by atoms with Crippen LogP contribution in [0.5, 0.6) is 0 Å². The minimum Gasteiger partial charge on any atom is -0.342 e. The zero-order valence-corrected chi connectivity index (χ0v) is 18.8. The number of para-hydroxylation sites is 1. The fourth-order valence-electron chi connectivity index (χ4n) is 4.74. The highest BCUT2D eigenvalue weighted by Crippen LogP contribution is 2.26. The Balaban J connectivity index is 1.31. The Morgan fingerprint density at radius 3 is 2.30 bits per heavy atom. The van der Waals surface area contributed by atoms with Gasteiger partial charge in [0.15, 0.2) is 0 Å². The molecule has 5 rings (SSSR count). The lowest BCUT2D eigenvalue weighted by Crippen LogP contribution is -2.52. The molecule has 2 aromatic heterocycles. The van der Waals surface area contributed by atoms with Crippen LogP contribution < -0.4 is 0 Å². The van der Waals surface area contributed by atoms with Gasteiger partial charge in [0.25, 0.3) is 5.91 Å². The number of likely N-dealkylation sites (tertiary alicyclic amines) is 1. The molecule has 4 heterocycles. The summed E-state index contributed by atoms with van der Waals surface area (Å²) in [7, 11) is 0. The lowest BCUT2D eigenvalue weighted by Gasteiger charge is -2.36. The van der Waals surface area contributed by atoms with E-state index in [0.29, 0.717) is 38.3 Å². The number of carbonyl (C=O) groups excluding carboxylic acids is 2. The van der Waals surface area contributed by atoms with Gasteiger partial charge in [-0.2, -0.15) is 0 Å². The number of carbonyl (C=O) groups is 2. The van der Waals surface area contributed by atoms with Gasteiger partial charge in [0, 0.05) is 62.6 Å². The number of rotatable bonds is 4. The monoisotopic (exact) mass is 443 g/mol. The molecule has 7 nitrogen and oxygen atoms in total. The Morgan fingerprint density at radius 1 is 0.818 bits per heavy atom. The smallest absolute Gasteiger partial charge is 0.254 e. The van der Waals surface area contributed by atoms with E-state index in [1.165, 1.54) is 6.42 Å². The Hall–Kier alpha value is -3.32. The average Bonchev–Trinajstić information content (AvgIpc) is 2.89. The summed E-state index contributed by atoms with van der Waals surface area (Å²) >= 11 is 0. The second-order valence-corrected chi connectivity index (χ2v) is 8.82. The van der Waals surface area contributed by atoms with Gasteiger partial charge in [0.1, 0.15) is 0 Å². The maximum atomic E-state index is 13.6. The number of nitrogens with zero attached hydrogens (tertiary/aromatic N) is 5. The Kier molecular flexibility index (Phi) is 6.30. The predicted molar refractivity (Wildman–Crippen MR) is 128 cm³/mol. The number of piperazine rings is 1. The van der Waals surface area contributed by atoms with Crippen molar-refractivity contribution in [3.8, 4) is 11.3 Å². The van der Waals surface area contributed by atoms with Gasteiger partial charge in [-0.05, 0) is 43.5 Å². The first-order valence-electron chi connectivity index (χ1n) is 11.8. The summed E-state index contributed by atoms with van der Waals surface area (Å²) in [4.78, 5) is 41.1. The molecular weight excluding hydrogens is 414 g/mol. The van der Waals surface area contributed by atoms with Crippen LogP contribution in [0.25, 0.3) is 22.2 Å². The van der Waals surface area contributed by atoms with E-state index in [1.54, 1.807) is 12.4 Å². The van der Waals surface area contributed by atoms with Gasteiger partial charge < -0.3 is 9.80 Å². The summed E-state index contributed by atoms with van der Waals surface area (Å²) in [5.74, 6) is 0.238. The lowest BCUT2D eigenvalue weighted by atomic mass is 10.0. The lowest BCUT2D eigenvalue weighted by molar-refractivity contribution is -0.133. The number of amides is 2. The van der Waals surface area contributed by atoms with Crippen molar-refractivity contribution in [3.05, 3.63) is 60.4 Å². The molecule has 7 heteroatoms. The molecular formula is C26H29N5O2. The highest BCUT2D eigenvalue weighted by atomic mass is 16.2. The fourth-order valence-corrected chi connectivity index (χ4v) is 4.74. The first-order valence-corrected chi connectivity index (χ1v) is 11.8. The number of hydrogen-bond acceptors (Lipinski definition) is 5. The number of aromatic nitrogens is 2. The molecule has 0 saturated carbocycles. The van der Waals surface area contributed by atoms with Gasteiger partial charge in [-0.1, -0.05) is 18.2 Å². The molecule has 0 radical (unpaired) electrons. The molecule has 0 aliphatic carbocycles. The third-order valence-corrected chi connectivity index (χ3v) is 6.65. The van der Waals surface area contributed by atoms with Crippen LogP contribution in [0.4, 0.5) is 0 Å². The van der Waals surface area contributed by atoms with Crippen molar-refractivity contribution in [1.82, 2.24) is 24.7 Å². The van der Waals surface area contributed by atoms with Crippen molar-refractivity contribution in [2.24, 2.45) is 0 Å². The van der Waals surface area contributed by atoms with Gasteiger partial charge in [0.2, 0.25) is 5.91 Å².